The molecule has 0 bridgehead atoms. The molecule has 0 radical (unpaired) electrons. The van der Waals surface area contributed by atoms with Crippen molar-refractivity contribution in [2.45, 2.75) is 25.4 Å². The highest BCUT2D eigenvalue weighted by atomic mass is 19.1. The van der Waals surface area contributed by atoms with E-state index in [4.69, 9.17) is 5.73 Å². The molecule has 0 aromatic heterocycles. The van der Waals surface area contributed by atoms with E-state index < -0.39 is 0 Å². The summed E-state index contributed by atoms with van der Waals surface area (Å²) in [5.74, 6) is -0.159. The Morgan fingerprint density at radius 3 is 2.78 bits per heavy atom. The molecular weight excluding hydrogens is 229 g/mol. The number of para-hydroxylation sites is 1. The molecule has 1 heterocycles. The summed E-state index contributed by atoms with van der Waals surface area (Å²) in [6, 6.07) is 7.65. The van der Waals surface area contributed by atoms with Gasteiger partial charge in [-0.05, 0) is 32.5 Å². The van der Waals surface area contributed by atoms with Crippen LogP contribution in [-0.2, 0) is 0 Å². The second kappa shape index (κ2) is 5.67. The first-order chi connectivity index (χ1) is 8.63. The van der Waals surface area contributed by atoms with Crippen molar-refractivity contribution >= 4 is 5.69 Å². The van der Waals surface area contributed by atoms with Crippen LogP contribution in [0.2, 0.25) is 0 Å². The SMILES string of the molecule is CC1CCN(c2ccccc2F)C(CN)CN1C. The molecule has 1 aliphatic heterocycles. The number of nitrogens with two attached hydrogens (primary N) is 1. The minimum atomic E-state index is -0.159. The van der Waals surface area contributed by atoms with Gasteiger partial charge >= 0.3 is 0 Å². The van der Waals surface area contributed by atoms with E-state index in [0.717, 1.165) is 19.5 Å². The highest BCUT2D eigenvalue weighted by Gasteiger charge is 2.27. The van der Waals surface area contributed by atoms with Crippen LogP contribution in [0.4, 0.5) is 10.1 Å². The Morgan fingerprint density at radius 2 is 2.11 bits per heavy atom. The van der Waals surface area contributed by atoms with Crippen molar-refractivity contribution in [3.8, 4) is 0 Å². The van der Waals surface area contributed by atoms with E-state index >= 15 is 0 Å². The molecular formula is C14H22FN3. The minimum Gasteiger partial charge on any atom is -0.364 e. The van der Waals surface area contributed by atoms with Crippen molar-refractivity contribution in [2.75, 3.05) is 31.6 Å². The van der Waals surface area contributed by atoms with Gasteiger partial charge in [0.15, 0.2) is 0 Å². The quantitative estimate of drug-likeness (QED) is 0.868. The fraction of sp³-hybridized carbons (Fsp3) is 0.571. The normalized spacial score (nSPS) is 26.1. The van der Waals surface area contributed by atoms with E-state index in [1.807, 2.05) is 12.1 Å². The molecule has 2 rings (SSSR count). The number of likely N-dealkylation sites (N-methyl/N-ethyl adjacent to an activating group) is 1. The molecule has 1 fully saturated rings. The van der Waals surface area contributed by atoms with Crippen LogP contribution in [0.15, 0.2) is 24.3 Å². The van der Waals surface area contributed by atoms with Crippen LogP contribution in [-0.4, -0.2) is 43.7 Å². The number of hydrogen-bond donors (Lipinski definition) is 1. The predicted octanol–water partition coefficient (Wildman–Crippen LogP) is 1.68. The zero-order valence-corrected chi connectivity index (χ0v) is 11.1. The third kappa shape index (κ3) is 2.65. The fourth-order valence-corrected chi connectivity index (χ4v) is 2.54. The molecule has 1 saturated heterocycles. The lowest BCUT2D eigenvalue weighted by atomic mass is 10.2. The monoisotopic (exact) mass is 251 g/mol. The lowest BCUT2D eigenvalue weighted by Gasteiger charge is -2.32. The van der Waals surface area contributed by atoms with E-state index in [2.05, 4.69) is 23.8 Å². The Labute approximate surface area is 108 Å². The maximum absolute atomic E-state index is 13.9. The maximum atomic E-state index is 13.9. The summed E-state index contributed by atoms with van der Waals surface area (Å²) >= 11 is 0. The van der Waals surface area contributed by atoms with Crippen molar-refractivity contribution < 1.29 is 4.39 Å². The average Bonchev–Trinajstić information content (AvgIpc) is 2.51. The molecule has 18 heavy (non-hydrogen) atoms. The number of hydrogen-bond acceptors (Lipinski definition) is 3. The Bertz CT molecular complexity index is 396. The van der Waals surface area contributed by atoms with Gasteiger partial charge in [0.2, 0.25) is 0 Å². The molecule has 0 aliphatic carbocycles. The average molecular weight is 251 g/mol. The van der Waals surface area contributed by atoms with Crippen molar-refractivity contribution in [3.63, 3.8) is 0 Å². The van der Waals surface area contributed by atoms with E-state index in [0.29, 0.717) is 18.3 Å². The molecule has 1 aromatic carbocycles. The standard InChI is InChI=1S/C14H22FN3/c1-11-7-8-18(12(9-16)10-17(11)2)14-6-4-3-5-13(14)15/h3-6,11-12H,7-10,16H2,1-2H3. The minimum absolute atomic E-state index is 0.159. The Hall–Kier alpha value is -1.13. The first-order valence-corrected chi connectivity index (χ1v) is 6.55. The highest BCUT2D eigenvalue weighted by molar-refractivity contribution is 5.49. The largest absolute Gasteiger partial charge is 0.364 e. The van der Waals surface area contributed by atoms with E-state index in [1.165, 1.54) is 6.07 Å². The fourth-order valence-electron chi connectivity index (χ4n) is 2.54. The van der Waals surface area contributed by atoms with Gasteiger partial charge < -0.3 is 15.5 Å². The van der Waals surface area contributed by atoms with Gasteiger partial charge in [-0.15, -0.1) is 0 Å². The van der Waals surface area contributed by atoms with Gasteiger partial charge in [0.1, 0.15) is 5.82 Å². The van der Waals surface area contributed by atoms with Crippen molar-refractivity contribution in [3.05, 3.63) is 30.1 Å². The van der Waals surface area contributed by atoms with Crippen LogP contribution in [0.1, 0.15) is 13.3 Å². The molecule has 2 atom stereocenters. The smallest absolute Gasteiger partial charge is 0.146 e. The second-order valence-electron chi connectivity index (χ2n) is 5.11. The Kier molecular flexibility index (Phi) is 4.19. The van der Waals surface area contributed by atoms with Crippen LogP contribution in [0.3, 0.4) is 0 Å². The third-order valence-electron chi connectivity index (χ3n) is 3.91. The van der Waals surface area contributed by atoms with Crippen molar-refractivity contribution in [1.82, 2.24) is 4.90 Å². The molecule has 1 aromatic rings. The summed E-state index contributed by atoms with van der Waals surface area (Å²) in [4.78, 5) is 4.42. The van der Waals surface area contributed by atoms with Gasteiger partial charge in [-0.3, -0.25) is 0 Å². The lowest BCUT2D eigenvalue weighted by molar-refractivity contribution is 0.256. The van der Waals surface area contributed by atoms with Gasteiger partial charge in [-0.2, -0.15) is 0 Å². The Balaban J connectivity index is 2.27. The number of anilines is 1. The third-order valence-corrected chi connectivity index (χ3v) is 3.91. The topological polar surface area (TPSA) is 32.5 Å². The zero-order valence-electron chi connectivity index (χ0n) is 11.1. The second-order valence-corrected chi connectivity index (χ2v) is 5.11. The lowest BCUT2D eigenvalue weighted by Crippen LogP contribution is -2.46. The van der Waals surface area contributed by atoms with E-state index in [1.54, 1.807) is 6.07 Å². The maximum Gasteiger partial charge on any atom is 0.146 e. The summed E-state index contributed by atoms with van der Waals surface area (Å²) in [6.07, 6.45) is 1.03. The molecule has 0 amide bonds. The molecule has 2 N–H and O–H groups in total. The van der Waals surface area contributed by atoms with Gasteiger partial charge in [0, 0.05) is 25.7 Å². The first kappa shape index (κ1) is 13.3. The van der Waals surface area contributed by atoms with Gasteiger partial charge in [0.25, 0.3) is 0 Å². The summed E-state index contributed by atoms with van der Waals surface area (Å²) in [5, 5.41) is 0. The van der Waals surface area contributed by atoms with Crippen LogP contribution in [0.25, 0.3) is 0 Å². The van der Waals surface area contributed by atoms with Crippen molar-refractivity contribution in [1.29, 1.82) is 0 Å². The molecule has 4 heteroatoms. The summed E-state index contributed by atoms with van der Waals surface area (Å²) in [5.41, 5.74) is 6.54. The summed E-state index contributed by atoms with van der Waals surface area (Å²) in [6.45, 7) is 4.49. The molecule has 0 saturated carbocycles. The zero-order chi connectivity index (χ0) is 13.1. The first-order valence-electron chi connectivity index (χ1n) is 6.55. The summed E-state index contributed by atoms with van der Waals surface area (Å²) < 4.78 is 13.9. The summed E-state index contributed by atoms with van der Waals surface area (Å²) in [7, 11) is 2.11. The van der Waals surface area contributed by atoms with Gasteiger partial charge in [-0.25, -0.2) is 4.39 Å². The van der Waals surface area contributed by atoms with E-state index in [9.17, 15) is 4.39 Å². The van der Waals surface area contributed by atoms with Crippen LogP contribution < -0.4 is 10.6 Å². The van der Waals surface area contributed by atoms with Gasteiger partial charge in [0.05, 0.1) is 11.7 Å². The van der Waals surface area contributed by atoms with Crippen LogP contribution in [0, 0.1) is 5.82 Å². The molecule has 100 valence electrons. The Morgan fingerprint density at radius 1 is 1.39 bits per heavy atom. The van der Waals surface area contributed by atoms with Crippen LogP contribution >= 0.6 is 0 Å². The number of nitrogens with zero attached hydrogens (tertiary/aromatic N) is 2. The predicted molar refractivity (Wildman–Crippen MR) is 73.3 cm³/mol. The molecule has 1 aliphatic rings. The number of benzene rings is 1. The highest BCUT2D eigenvalue weighted by Crippen LogP contribution is 2.24. The van der Waals surface area contributed by atoms with Crippen molar-refractivity contribution in [2.24, 2.45) is 5.73 Å². The molecule has 2 unspecified atom stereocenters. The van der Waals surface area contributed by atoms with E-state index in [-0.39, 0.29) is 11.9 Å². The molecule has 0 spiro atoms. The van der Waals surface area contributed by atoms with Gasteiger partial charge in [-0.1, -0.05) is 12.1 Å². The number of halogens is 1. The number of rotatable bonds is 2. The van der Waals surface area contributed by atoms with Crippen LogP contribution in [0.5, 0.6) is 0 Å². The molecule has 3 nitrogen and oxygen atoms in total.